The Kier molecular flexibility index (Phi) is 5.93. The van der Waals surface area contributed by atoms with Crippen LogP contribution in [0.5, 0.6) is 17.2 Å². The Morgan fingerprint density at radius 2 is 1.81 bits per heavy atom. The fraction of sp³-hybridized carbons (Fsp3) is 0.316. The molecule has 2 atom stereocenters. The van der Waals surface area contributed by atoms with E-state index in [1.807, 2.05) is 24.3 Å². The van der Waals surface area contributed by atoms with Crippen molar-refractivity contribution in [2.45, 2.75) is 18.6 Å². The maximum absolute atomic E-state index is 12.3. The number of carbonyl (C=O) groups excluding carboxylic acids is 1. The second kappa shape index (κ2) is 8.55. The summed E-state index contributed by atoms with van der Waals surface area (Å²) in [5, 5.41) is 18.6. The van der Waals surface area contributed by atoms with E-state index >= 15 is 0 Å². The molecule has 2 aromatic carbocycles. The molecule has 1 heterocycles. The van der Waals surface area contributed by atoms with Crippen LogP contribution in [0.15, 0.2) is 48.5 Å². The van der Waals surface area contributed by atoms with Crippen LogP contribution in [0.25, 0.3) is 0 Å². The summed E-state index contributed by atoms with van der Waals surface area (Å²) in [6.07, 6.45) is 0.0723. The van der Waals surface area contributed by atoms with Crippen molar-refractivity contribution in [1.82, 2.24) is 10.6 Å². The zero-order valence-electron chi connectivity index (χ0n) is 14.6. The number of piperidine rings is 1. The van der Waals surface area contributed by atoms with E-state index in [9.17, 15) is 9.90 Å². The summed E-state index contributed by atoms with van der Waals surface area (Å²) in [5.74, 6) is 1.65. The Labute approximate surface area is 152 Å². The number of benzene rings is 2. The number of methoxy groups -OCH3 is 1. The lowest BCUT2D eigenvalue weighted by Gasteiger charge is -2.29. The minimum atomic E-state index is -0.602. The quantitative estimate of drug-likeness (QED) is 0.659. The number of aliphatic hydroxyl groups excluding tert-OH is 1. The first-order valence-electron chi connectivity index (χ1n) is 8.53. The molecule has 1 saturated heterocycles. The van der Waals surface area contributed by atoms with Crippen LogP contribution in [0.2, 0.25) is 0 Å². The zero-order chi connectivity index (χ0) is 18.4. The van der Waals surface area contributed by atoms with Crippen molar-refractivity contribution in [3.8, 4) is 17.2 Å². The Morgan fingerprint density at radius 3 is 2.54 bits per heavy atom. The molecule has 0 unspecified atom stereocenters. The molecule has 1 aliphatic rings. The van der Waals surface area contributed by atoms with E-state index in [4.69, 9.17) is 9.47 Å². The normalized spacial score (nSPS) is 19.5. The predicted molar refractivity (Wildman–Crippen MR) is 98.9 cm³/mol. The summed E-state index contributed by atoms with van der Waals surface area (Å²) in [6, 6.07) is 13.8. The molecule has 0 spiro atoms. The average Bonchev–Trinajstić information content (AvgIpc) is 2.65. The van der Waals surface area contributed by atoms with E-state index in [0.29, 0.717) is 35.9 Å². The molecule has 0 aromatic heterocycles. The van der Waals surface area contributed by atoms with Gasteiger partial charge in [0.2, 0.25) is 0 Å². The highest BCUT2D eigenvalue weighted by Gasteiger charge is 2.24. The topological polar surface area (TPSA) is 91.9 Å². The van der Waals surface area contributed by atoms with Crippen LogP contribution in [0, 0.1) is 0 Å². The lowest BCUT2D eigenvalue weighted by atomic mass is 10.0. The number of rotatable bonds is 5. The van der Waals surface area contributed by atoms with Crippen LogP contribution in [0.4, 0.5) is 10.5 Å². The number of urea groups is 1. The van der Waals surface area contributed by atoms with Gasteiger partial charge in [0.15, 0.2) is 17.2 Å². The van der Waals surface area contributed by atoms with Crippen LogP contribution < -0.4 is 25.4 Å². The SMILES string of the molecule is COc1ccccc1Oc1ccccc1NC(=O)N[C@@H]1CCNC[C@H]1O. The molecule has 26 heavy (non-hydrogen) atoms. The summed E-state index contributed by atoms with van der Waals surface area (Å²) in [5.41, 5.74) is 0.527. The summed E-state index contributed by atoms with van der Waals surface area (Å²) in [6.45, 7) is 1.23. The first kappa shape index (κ1) is 18.0. The Morgan fingerprint density at radius 1 is 1.12 bits per heavy atom. The molecule has 2 aromatic rings. The van der Waals surface area contributed by atoms with E-state index in [0.717, 1.165) is 6.54 Å². The van der Waals surface area contributed by atoms with Crippen LogP contribution in [-0.2, 0) is 0 Å². The minimum Gasteiger partial charge on any atom is -0.493 e. The Bertz CT molecular complexity index is 753. The van der Waals surface area contributed by atoms with Crippen molar-refractivity contribution in [2.75, 3.05) is 25.5 Å². The molecule has 0 saturated carbocycles. The van der Waals surface area contributed by atoms with E-state index in [1.54, 1.807) is 31.4 Å². The first-order valence-corrected chi connectivity index (χ1v) is 8.53. The molecule has 0 aliphatic carbocycles. The van der Waals surface area contributed by atoms with Crippen molar-refractivity contribution >= 4 is 11.7 Å². The highest BCUT2D eigenvalue weighted by molar-refractivity contribution is 5.91. The monoisotopic (exact) mass is 357 g/mol. The molecule has 0 bridgehead atoms. The fourth-order valence-electron chi connectivity index (χ4n) is 2.82. The first-order chi connectivity index (χ1) is 12.7. The summed E-state index contributed by atoms with van der Waals surface area (Å²) in [7, 11) is 1.57. The molecule has 2 amide bonds. The summed E-state index contributed by atoms with van der Waals surface area (Å²) in [4.78, 5) is 12.3. The number of hydrogen-bond donors (Lipinski definition) is 4. The predicted octanol–water partition coefficient (Wildman–Crippen LogP) is 2.33. The second-order valence-corrected chi connectivity index (χ2v) is 6.01. The number of nitrogens with one attached hydrogen (secondary N) is 3. The largest absolute Gasteiger partial charge is 0.493 e. The van der Waals surface area contributed by atoms with Gasteiger partial charge < -0.3 is 30.5 Å². The Balaban J connectivity index is 1.69. The van der Waals surface area contributed by atoms with Gasteiger partial charge in [-0.1, -0.05) is 24.3 Å². The van der Waals surface area contributed by atoms with Crippen molar-refractivity contribution in [3.05, 3.63) is 48.5 Å². The van der Waals surface area contributed by atoms with Gasteiger partial charge in [-0.3, -0.25) is 0 Å². The van der Waals surface area contributed by atoms with E-state index in [-0.39, 0.29) is 12.1 Å². The molecular weight excluding hydrogens is 334 g/mol. The van der Waals surface area contributed by atoms with Crippen molar-refractivity contribution in [1.29, 1.82) is 0 Å². The number of anilines is 1. The van der Waals surface area contributed by atoms with Gasteiger partial charge in [-0.25, -0.2) is 4.79 Å². The average molecular weight is 357 g/mol. The van der Waals surface area contributed by atoms with Gasteiger partial charge in [0.1, 0.15) is 0 Å². The zero-order valence-corrected chi connectivity index (χ0v) is 14.6. The van der Waals surface area contributed by atoms with Gasteiger partial charge in [0, 0.05) is 6.54 Å². The van der Waals surface area contributed by atoms with Crippen LogP contribution in [0.1, 0.15) is 6.42 Å². The molecule has 0 radical (unpaired) electrons. The van der Waals surface area contributed by atoms with Gasteiger partial charge in [-0.15, -0.1) is 0 Å². The smallest absolute Gasteiger partial charge is 0.319 e. The molecule has 1 fully saturated rings. The van der Waals surface area contributed by atoms with Gasteiger partial charge in [0.05, 0.1) is 24.9 Å². The highest BCUT2D eigenvalue weighted by atomic mass is 16.5. The van der Waals surface area contributed by atoms with Gasteiger partial charge in [-0.2, -0.15) is 0 Å². The number of ether oxygens (including phenoxy) is 2. The highest BCUT2D eigenvalue weighted by Crippen LogP contribution is 2.34. The number of amides is 2. The molecular formula is C19H23N3O4. The number of aliphatic hydroxyl groups is 1. The molecule has 7 heteroatoms. The van der Waals surface area contributed by atoms with Crippen molar-refractivity contribution < 1.29 is 19.4 Å². The minimum absolute atomic E-state index is 0.279. The second-order valence-electron chi connectivity index (χ2n) is 6.01. The summed E-state index contributed by atoms with van der Waals surface area (Å²) < 4.78 is 11.2. The van der Waals surface area contributed by atoms with Gasteiger partial charge in [0.25, 0.3) is 0 Å². The summed E-state index contributed by atoms with van der Waals surface area (Å²) >= 11 is 0. The van der Waals surface area contributed by atoms with E-state index in [1.165, 1.54) is 0 Å². The fourth-order valence-corrected chi connectivity index (χ4v) is 2.82. The third-order valence-electron chi connectivity index (χ3n) is 4.19. The van der Waals surface area contributed by atoms with Crippen molar-refractivity contribution in [3.63, 3.8) is 0 Å². The standard InChI is InChI=1S/C19H23N3O4/c1-25-17-8-4-5-9-18(17)26-16-7-3-2-6-14(16)22-19(24)21-13-10-11-20-12-15(13)23/h2-9,13,15,20,23H,10-12H2,1H3,(H2,21,22,24)/t13-,15-/m1/s1. The number of carbonyl (C=O) groups is 1. The molecule has 3 rings (SSSR count). The van der Waals surface area contributed by atoms with Crippen LogP contribution >= 0.6 is 0 Å². The number of β-amino-alcohol motifs (C(OH)–C–C–N with tert-alkyl or cyclic N) is 1. The van der Waals surface area contributed by atoms with Gasteiger partial charge in [-0.05, 0) is 37.2 Å². The molecule has 7 nitrogen and oxygen atoms in total. The molecule has 1 aliphatic heterocycles. The lowest BCUT2D eigenvalue weighted by molar-refractivity contribution is 0.107. The molecule has 138 valence electrons. The van der Waals surface area contributed by atoms with Crippen LogP contribution in [0.3, 0.4) is 0 Å². The third kappa shape index (κ3) is 4.44. The van der Waals surface area contributed by atoms with Gasteiger partial charge >= 0.3 is 6.03 Å². The van der Waals surface area contributed by atoms with Crippen molar-refractivity contribution in [2.24, 2.45) is 0 Å². The maximum Gasteiger partial charge on any atom is 0.319 e. The third-order valence-corrected chi connectivity index (χ3v) is 4.19. The maximum atomic E-state index is 12.3. The van der Waals surface area contributed by atoms with E-state index in [2.05, 4.69) is 16.0 Å². The van der Waals surface area contributed by atoms with Crippen LogP contribution in [-0.4, -0.2) is 43.5 Å². The number of hydrogen-bond acceptors (Lipinski definition) is 5. The Hall–Kier alpha value is -2.77. The lowest BCUT2D eigenvalue weighted by Crippen LogP contribution is -2.53. The number of para-hydroxylation sites is 4. The molecule has 4 N–H and O–H groups in total. The van der Waals surface area contributed by atoms with E-state index < -0.39 is 6.10 Å².